The highest BCUT2D eigenvalue weighted by Crippen LogP contribution is 2.45. The molecule has 4 rings (SSSR count). The van der Waals surface area contributed by atoms with Crippen LogP contribution in [0.4, 0.5) is 5.82 Å². The molecule has 0 saturated carbocycles. The van der Waals surface area contributed by atoms with Gasteiger partial charge in [-0.25, -0.2) is 14.6 Å². The highest BCUT2D eigenvalue weighted by molar-refractivity contribution is 6.74. The average Bonchev–Trinajstić information content (AvgIpc) is 3.28. The first-order valence-electron chi connectivity index (χ1n) is 10.4. The Morgan fingerprint density at radius 1 is 1.26 bits per heavy atom. The van der Waals surface area contributed by atoms with Crippen LogP contribution in [0.25, 0.3) is 11.0 Å². The zero-order valence-electron chi connectivity index (χ0n) is 19.0. The first kappa shape index (κ1) is 22.1. The fourth-order valence-electron chi connectivity index (χ4n) is 3.75. The lowest BCUT2D eigenvalue weighted by molar-refractivity contribution is -0.200. The van der Waals surface area contributed by atoms with Crippen LogP contribution in [0.5, 0.6) is 0 Å². The normalized spacial score (nSPS) is 28.1. The molecule has 10 nitrogen and oxygen atoms in total. The minimum absolute atomic E-state index is 0.0744. The van der Waals surface area contributed by atoms with E-state index < -0.39 is 26.4 Å². The lowest BCUT2D eigenvalue weighted by atomic mass is 10.1. The Labute approximate surface area is 182 Å². The highest BCUT2D eigenvalue weighted by Gasteiger charge is 2.57. The fraction of sp³-hybridized carbons (Fsp3) is 0.700. The molecule has 2 aromatic rings. The molecule has 0 unspecified atom stereocenters. The number of fused-ring (bicyclic) bond motifs is 2. The Hall–Kier alpha value is -2.10. The molecular weight excluding hydrogens is 416 g/mol. The highest BCUT2D eigenvalue weighted by atomic mass is 28.4. The quantitative estimate of drug-likeness (QED) is 0.704. The van der Waals surface area contributed by atoms with E-state index in [4.69, 9.17) is 24.4 Å². The maximum Gasteiger partial charge on any atom is 0.192 e. The van der Waals surface area contributed by atoms with E-state index in [2.05, 4.69) is 55.0 Å². The topological polar surface area (TPSA) is 130 Å². The van der Waals surface area contributed by atoms with Crippen LogP contribution in [0.3, 0.4) is 0 Å². The molecule has 0 bridgehead atoms. The number of rotatable bonds is 4. The van der Waals surface area contributed by atoms with Crippen LogP contribution in [0.15, 0.2) is 6.33 Å². The number of nitrogens with two attached hydrogens (primary N) is 1. The van der Waals surface area contributed by atoms with E-state index in [1.54, 1.807) is 4.68 Å². The molecule has 2 aliphatic rings. The van der Waals surface area contributed by atoms with Crippen LogP contribution in [-0.4, -0.2) is 58.8 Å². The Balaban J connectivity index is 1.68. The summed E-state index contributed by atoms with van der Waals surface area (Å²) in [5, 5.41) is 14.4. The van der Waals surface area contributed by atoms with Crippen LogP contribution in [0.1, 0.15) is 46.5 Å². The number of nitrogen functional groups attached to an aromatic ring is 1. The minimum atomic E-state index is -1.99. The van der Waals surface area contributed by atoms with E-state index in [9.17, 15) is 5.26 Å². The van der Waals surface area contributed by atoms with Gasteiger partial charge in [0, 0.05) is 0 Å². The third-order valence-corrected chi connectivity index (χ3v) is 10.9. The number of ether oxygens (including phenoxy) is 3. The van der Waals surface area contributed by atoms with Gasteiger partial charge in [0.2, 0.25) is 0 Å². The van der Waals surface area contributed by atoms with Crippen molar-refractivity contribution in [3.63, 3.8) is 0 Å². The van der Waals surface area contributed by atoms with Crippen molar-refractivity contribution in [3.8, 4) is 6.07 Å². The number of anilines is 1. The molecule has 2 saturated heterocycles. The van der Waals surface area contributed by atoms with Crippen molar-refractivity contribution >= 4 is 25.2 Å². The molecule has 4 atom stereocenters. The number of hydrogen-bond acceptors (Lipinski definition) is 9. The minimum Gasteiger partial charge on any atom is -0.414 e. The van der Waals surface area contributed by atoms with Crippen molar-refractivity contribution < 1.29 is 18.6 Å². The Morgan fingerprint density at radius 3 is 2.58 bits per heavy atom. The monoisotopic (exact) mass is 446 g/mol. The van der Waals surface area contributed by atoms with Crippen LogP contribution in [-0.2, 0) is 18.6 Å². The van der Waals surface area contributed by atoms with Crippen molar-refractivity contribution in [2.75, 3.05) is 12.3 Å². The van der Waals surface area contributed by atoms with E-state index in [1.165, 1.54) is 6.33 Å². The van der Waals surface area contributed by atoms with Gasteiger partial charge in [0.1, 0.15) is 36.5 Å². The SMILES string of the molecule is CC1(C)O[C@@H]2[C@H](O1)[C@@H](CO[Si](C)(C)C(C)(C)C)O[C@H]2n1nc(C#N)c2c(N)ncnc21. The first-order chi connectivity index (χ1) is 14.3. The summed E-state index contributed by atoms with van der Waals surface area (Å²) in [5.74, 6) is -0.578. The molecule has 2 fully saturated rings. The zero-order valence-corrected chi connectivity index (χ0v) is 20.0. The maximum atomic E-state index is 9.54. The Bertz CT molecular complexity index is 1040. The maximum absolute atomic E-state index is 9.54. The zero-order chi connectivity index (χ0) is 22.8. The molecule has 168 valence electrons. The van der Waals surface area contributed by atoms with Crippen molar-refractivity contribution in [3.05, 3.63) is 12.0 Å². The Morgan fingerprint density at radius 2 is 1.94 bits per heavy atom. The molecule has 0 aromatic carbocycles. The molecular formula is C20H30N6O4Si. The number of nitriles is 1. The largest absolute Gasteiger partial charge is 0.414 e. The summed E-state index contributed by atoms with van der Waals surface area (Å²) in [6.45, 7) is 15.1. The number of nitrogens with zero attached hydrogens (tertiary/aromatic N) is 5. The predicted molar refractivity (Wildman–Crippen MR) is 115 cm³/mol. The summed E-state index contributed by atoms with van der Waals surface area (Å²) in [6, 6.07) is 2.06. The van der Waals surface area contributed by atoms with Crippen molar-refractivity contribution in [2.45, 2.75) is 83.1 Å². The molecule has 0 amide bonds. The molecule has 31 heavy (non-hydrogen) atoms. The van der Waals surface area contributed by atoms with Gasteiger partial charge >= 0.3 is 0 Å². The van der Waals surface area contributed by atoms with E-state index >= 15 is 0 Å². The second kappa shape index (κ2) is 7.21. The predicted octanol–water partition coefficient (Wildman–Crippen LogP) is 2.72. The standard InChI is InChI=1S/C20H30N6O4Si/c1-19(2,3)31(6,7)27-9-12-14-15(30-20(4,5)29-14)18(28-12)26-17-13(11(8-21)25-26)16(22)23-10-24-17/h10,12,14-15,18H,9H2,1-7H3,(H2,22,23,24)/t12-,14-,15-,18-/m1/s1. The molecule has 0 aliphatic carbocycles. The van der Waals surface area contributed by atoms with E-state index in [-0.39, 0.29) is 28.8 Å². The first-order valence-corrected chi connectivity index (χ1v) is 13.3. The van der Waals surface area contributed by atoms with Crippen molar-refractivity contribution in [1.29, 1.82) is 5.26 Å². The van der Waals surface area contributed by atoms with Gasteiger partial charge in [-0.3, -0.25) is 0 Å². The second-order valence-corrected chi connectivity index (χ2v) is 14.9. The lowest BCUT2D eigenvalue weighted by Gasteiger charge is -2.37. The molecule has 2 aliphatic heterocycles. The fourth-order valence-corrected chi connectivity index (χ4v) is 4.76. The summed E-state index contributed by atoms with van der Waals surface area (Å²) in [7, 11) is -1.99. The summed E-state index contributed by atoms with van der Waals surface area (Å²) in [4.78, 5) is 8.30. The van der Waals surface area contributed by atoms with Crippen molar-refractivity contribution in [2.24, 2.45) is 0 Å². The molecule has 2 aromatic heterocycles. The van der Waals surface area contributed by atoms with E-state index in [1.807, 2.05) is 13.8 Å². The third-order valence-electron chi connectivity index (χ3n) is 6.41. The van der Waals surface area contributed by atoms with Gasteiger partial charge in [0.25, 0.3) is 0 Å². The third kappa shape index (κ3) is 3.72. The van der Waals surface area contributed by atoms with Crippen molar-refractivity contribution in [1.82, 2.24) is 19.7 Å². The summed E-state index contributed by atoms with van der Waals surface area (Å²) in [5.41, 5.74) is 6.56. The lowest BCUT2D eigenvalue weighted by Crippen LogP contribution is -2.44. The number of aromatic nitrogens is 4. The molecule has 0 spiro atoms. The average molecular weight is 447 g/mol. The van der Waals surface area contributed by atoms with Gasteiger partial charge in [-0.15, -0.1) is 0 Å². The van der Waals surface area contributed by atoms with E-state index in [0.29, 0.717) is 17.6 Å². The van der Waals surface area contributed by atoms with E-state index in [0.717, 1.165) is 0 Å². The van der Waals surface area contributed by atoms with Gasteiger partial charge in [-0.2, -0.15) is 10.4 Å². The molecule has 0 radical (unpaired) electrons. The van der Waals surface area contributed by atoms with Gasteiger partial charge in [-0.05, 0) is 32.0 Å². The smallest absolute Gasteiger partial charge is 0.192 e. The van der Waals surface area contributed by atoms with Crippen LogP contribution < -0.4 is 5.73 Å². The second-order valence-electron chi connectivity index (χ2n) is 10.1. The summed E-state index contributed by atoms with van der Waals surface area (Å²) < 4.78 is 26.7. The van der Waals surface area contributed by atoms with Gasteiger partial charge in [-0.1, -0.05) is 20.8 Å². The van der Waals surface area contributed by atoms with Crippen LogP contribution >= 0.6 is 0 Å². The molecule has 11 heteroatoms. The van der Waals surface area contributed by atoms with Gasteiger partial charge in [0.05, 0.1) is 12.0 Å². The Kier molecular flexibility index (Phi) is 5.14. The van der Waals surface area contributed by atoms with Gasteiger partial charge in [0.15, 0.2) is 31.7 Å². The van der Waals surface area contributed by atoms with Gasteiger partial charge < -0.3 is 24.4 Å². The van der Waals surface area contributed by atoms with Crippen LogP contribution in [0.2, 0.25) is 18.1 Å². The van der Waals surface area contributed by atoms with Crippen LogP contribution in [0, 0.1) is 11.3 Å². The summed E-state index contributed by atoms with van der Waals surface area (Å²) in [6.07, 6.45) is -0.423. The molecule has 4 heterocycles. The molecule has 2 N–H and O–H groups in total. The number of hydrogen-bond donors (Lipinski definition) is 1. The summed E-state index contributed by atoms with van der Waals surface area (Å²) >= 11 is 0.